The third-order valence-electron chi connectivity index (χ3n) is 3.51. The highest BCUT2D eigenvalue weighted by molar-refractivity contribution is 7.14. The van der Waals surface area contributed by atoms with Crippen LogP contribution in [0.15, 0.2) is 0 Å². The molecule has 0 saturated carbocycles. The lowest BCUT2D eigenvalue weighted by atomic mass is 10.2. The first-order valence-electron chi connectivity index (χ1n) is 6.26. The highest BCUT2D eigenvalue weighted by atomic mass is 32.1. The number of aromatic nitrogens is 1. The molecule has 1 aromatic rings. The summed E-state index contributed by atoms with van der Waals surface area (Å²) in [4.78, 5) is 22.1. The van der Waals surface area contributed by atoms with Gasteiger partial charge in [0.1, 0.15) is 5.82 Å². The SMILES string of the molecule is CN1CCCc2sc(C(=O)N3CCCC3)nc21. The molecule has 0 atom stereocenters. The first-order chi connectivity index (χ1) is 8.25. The van der Waals surface area contributed by atoms with Gasteiger partial charge in [0.15, 0.2) is 5.01 Å². The largest absolute Gasteiger partial charge is 0.359 e. The van der Waals surface area contributed by atoms with E-state index in [2.05, 4.69) is 16.9 Å². The molecule has 3 rings (SSSR count). The van der Waals surface area contributed by atoms with Gasteiger partial charge in [-0.05, 0) is 25.7 Å². The highest BCUT2D eigenvalue weighted by Crippen LogP contribution is 2.31. The Morgan fingerprint density at radius 2 is 2.00 bits per heavy atom. The van der Waals surface area contributed by atoms with Crippen molar-refractivity contribution in [3.05, 3.63) is 9.88 Å². The molecule has 3 heterocycles. The van der Waals surface area contributed by atoms with Crippen LogP contribution >= 0.6 is 11.3 Å². The van der Waals surface area contributed by atoms with Gasteiger partial charge in [-0.1, -0.05) is 0 Å². The summed E-state index contributed by atoms with van der Waals surface area (Å²) in [7, 11) is 2.06. The maximum absolute atomic E-state index is 12.2. The lowest BCUT2D eigenvalue weighted by Crippen LogP contribution is -2.28. The molecule has 0 aromatic carbocycles. The quantitative estimate of drug-likeness (QED) is 0.763. The van der Waals surface area contributed by atoms with Crippen LogP contribution in [0, 0.1) is 0 Å². The summed E-state index contributed by atoms with van der Waals surface area (Å²) in [5.74, 6) is 1.17. The summed E-state index contributed by atoms with van der Waals surface area (Å²) in [6.07, 6.45) is 4.52. The van der Waals surface area contributed by atoms with Gasteiger partial charge in [-0.3, -0.25) is 4.79 Å². The van der Waals surface area contributed by atoms with Gasteiger partial charge in [0.05, 0.1) is 0 Å². The number of aryl methyl sites for hydroxylation is 1. The van der Waals surface area contributed by atoms with Gasteiger partial charge in [-0.25, -0.2) is 4.98 Å². The Morgan fingerprint density at radius 3 is 2.71 bits per heavy atom. The summed E-state index contributed by atoms with van der Waals surface area (Å²) in [6.45, 7) is 2.85. The minimum absolute atomic E-state index is 0.135. The van der Waals surface area contributed by atoms with Crippen LogP contribution in [-0.4, -0.2) is 42.5 Å². The standard InChI is InChI=1S/C12H17N3OS/c1-14-6-4-5-9-10(14)13-11(17-9)12(16)15-7-2-3-8-15/h2-8H2,1H3. The van der Waals surface area contributed by atoms with E-state index in [0.29, 0.717) is 5.01 Å². The average molecular weight is 251 g/mol. The molecule has 0 radical (unpaired) electrons. The molecule has 1 fully saturated rings. The second-order valence-electron chi connectivity index (χ2n) is 4.79. The molecule has 17 heavy (non-hydrogen) atoms. The van der Waals surface area contributed by atoms with E-state index in [1.807, 2.05) is 4.90 Å². The van der Waals surface area contributed by atoms with E-state index in [4.69, 9.17) is 0 Å². The molecule has 2 aliphatic rings. The van der Waals surface area contributed by atoms with Gasteiger partial charge in [0.25, 0.3) is 5.91 Å². The Morgan fingerprint density at radius 1 is 1.24 bits per heavy atom. The predicted molar refractivity (Wildman–Crippen MR) is 68.8 cm³/mol. The molecule has 1 aromatic heterocycles. The van der Waals surface area contributed by atoms with E-state index in [-0.39, 0.29) is 5.91 Å². The van der Waals surface area contributed by atoms with Crippen LogP contribution in [0.5, 0.6) is 0 Å². The monoisotopic (exact) mass is 251 g/mol. The molecule has 4 nitrogen and oxygen atoms in total. The van der Waals surface area contributed by atoms with Crippen molar-refractivity contribution >= 4 is 23.1 Å². The lowest BCUT2D eigenvalue weighted by molar-refractivity contribution is 0.0792. The van der Waals surface area contributed by atoms with Crippen molar-refractivity contribution in [1.82, 2.24) is 9.88 Å². The Hall–Kier alpha value is -1.10. The van der Waals surface area contributed by atoms with Crippen molar-refractivity contribution in [1.29, 1.82) is 0 Å². The number of thiazole rings is 1. The third kappa shape index (κ3) is 1.92. The second-order valence-corrected chi connectivity index (χ2v) is 5.87. The zero-order valence-electron chi connectivity index (χ0n) is 10.1. The van der Waals surface area contributed by atoms with Crippen molar-refractivity contribution < 1.29 is 4.79 Å². The molecule has 1 amide bonds. The van der Waals surface area contributed by atoms with Crippen molar-refractivity contribution in [3.8, 4) is 0 Å². The minimum atomic E-state index is 0.135. The predicted octanol–water partition coefficient (Wildman–Crippen LogP) is 1.76. The molecular weight excluding hydrogens is 234 g/mol. The molecule has 0 bridgehead atoms. The van der Waals surface area contributed by atoms with Crippen LogP contribution in [0.4, 0.5) is 5.82 Å². The van der Waals surface area contributed by atoms with Crippen LogP contribution in [-0.2, 0) is 6.42 Å². The van der Waals surface area contributed by atoms with E-state index < -0.39 is 0 Å². The van der Waals surface area contributed by atoms with E-state index >= 15 is 0 Å². The number of likely N-dealkylation sites (tertiary alicyclic amines) is 1. The lowest BCUT2D eigenvalue weighted by Gasteiger charge is -2.22. The summed E-state index contributed by atoms with van der Waals surface area (Å²) in [6, 6.07) is 0. The minimum Gasteiger partial charge on any atom is -0.359 e. The summed E-state index contributed by atoms with van der Waals surface area (Å²) < 4.78 is 0. The molecule has 2 aliphatic heterocycles. The number of fused-ring (bicyclic) bond motifs is 1. The number of nitrogens with zero attached hydrogens (tertiary/aromatic N) is 3. The number of hydrogen-bond acceptors (Lipinski definition) is 4. The van der Waals surface area contributed by atoms with E-state index in [9.17, 15) is 4.79 Å². The Kier molecular flexibility index (Phi) is 2.78. The molecular formula is C12H17N3OS. The van der Waals surface area contributed by atoms with Gasteiger partial charge in [-0.15, -0.1) is 11.3 Å². The fourth-order valence-electron chi connectivity index (χ4n) is 2.53. The Balaban J connectivity index is 1.86. The maximum atomic E-state index is 12.2. The van der Waals surface area contributed by atoms with Crippen LogP contribution in [0.3, 0.4) is 0 Å². The number of hydrogen-bond donors (Lipinski definition) is 0. The number of carbonyl (C=O) groups excluding carboxylic acids is 1. The number of rotatable bonds is 1. The maximum Gasteiger partial charge on any atom is 0.282 e. The fraction of sp³-hybridized carbons (Fsp3) is 0.667. The molecule has 92 valence electrons. The molecule has 5 heteroatoms. The topological polar surface area (TPSA) is 36.4 Å². The third-order valence-corrected chi connectivity index (χ3v) is 4.60. The first-order valence-corrected chi connectivity index (χ1v) is 7.07. The number of amides is 1. The normalized spacial score (nSPS) is 19.6. The summed E-state index contributed by atoms with van der Waals surface area (Å²) >= 11 is 1.59. The van der Waals surface area contributed by atoms with Crippen LogP contribution in [0.1, 0.15) is 33.9 Å². The van der Waals surface area contributed by atoms with E-state index in [1.165, 1.54) is 11.3 Å². The van der Waals surface area contributed by atoms with Crippen molar-refractivity contribution in [2.75, 3.05) is 31.6 Å². The summed E-state index contributed by atoms with van der Waals surface area (Å²) in [5, 5.41) is 0.686. The highest BCUT2D eigenvalue weighted by Gasteiger charge is 2.26. The van der Waals surface area contributed by atoms with Gasteiger partial charge in [0, 0.05) is 31.6 Å². The van der Waals surface area contributed by atoms with Gasteiger partial charge < -0.3 is 9.80 Å². The number of anilines is 1. The van der Waals surface area contributed by atoms with Gasteiger partial charge in [-0.2, -0.15) is 0 Å². The smallest absolute Gasteiger partial charge is 0.282 e. The fourth-order valence-corrected chi connectivity index (χ4v) is 3.66. The van der Waals surface area contributed by atoms with Crippen molar-refractivity contribution in [2.45, 2.75) is 25.7 Å². The molecule has 0 spiro atoms. The molecule has 0 N–H and O–H groups in total. The average Bonchev–Trinajstić information content (AvgIpc) is 2.98. The summed E-state index contributed by atoms with van der Waals surface area (Å²) in [5.41, 5.74) is 0. The molecule has 0 unspecified atom stereocenters. The van der Waals surface area contributed by atoms with Crippen molar-refractivity contribution in [3.63, 3.8) is 0 Å². The zero-order valence-corrected chi connectivity index (χ0v) is 10.9. The molecule has 0 aliphatic carbocycles. The number of carbonyl (C=O) groups is 1. The van der Waals surface area contributed by atoms with Gasteiger partial charge >= 0.3 is 0 Å². The Labute approximate surface area is 105 Å². The first kappa shape index (κ1) is 11.0. The zero-order chi connectivity index (χ0) is 11.8. The van der Waals surface area contributed by atoms with Gasteiger partial charge in [0.2, 0.25) is 0 Å². The van der Waals surface area contributed by atoms with E-state index in [1.54, 1.807) is 11.3 Å². The van der Waals surface area contributed by atoms with Crippen LogP contribution in [0.2, 0.25) is 0 Å². The molecule has 1 saturated heterocycles. The van der Waals surface area contributed by atoms with Crippen LogP contribution in [0.25, 0.3) is 0 Å². The second kappa shape index (κ2) is 4.29. The van der Waals surface area contributed by atoms with Crippen molar-refractivity contribution in [2.24, 2.45) is 0 Å². The Bertz CT molecular complexity index is 437. The van der Waals surface area contributed by atoms with Crippen LogP contribution < -0.4 is 4.90 Å². The van der Waals surface area contributed by atoms with E-state index in [0.717, 1.165) is 44.7 Å².